The van der Waals surface area contributed by atoms with Crippen molar-refractivity contribution in [2.45, 2.75) is 45.8 Å². The number of amides is 1. The summed E-state index contributed by atoms with van der Waals surface area (Å²) in [6, 6.07) is 2.10. The number of nitrogens with one attached hydrogen (secondary N) is 1. The lowest BCUT2D eigenvalue weighted by Crippen LogP contribution is -2.55. The zero-order valence-corrected chi connectivity index (χ0v) is 16.8. The van der Waals surface area contributed by atoms with Crippen LogP contribution in [0.4, 0.5) is 0 Å². The van der Waals surface area contributed by atoms with E-state index in [1.807, 2.05) is 18.9 Å². The summed E-state index contributed by atoms with van der Waals surface area (Å²) < 4.78 is 7.58. The summed E-state index contributed by atoms with van der Waals surface area (Å²) in [4.78, 5) is 21.0. The molecule has 0 saturated carbocycles. The molecule has 8 heteroatoms. The first-order valence-electron chi connectivity index (χ1n) is 9.95. The van der Waals surface area contributed by atoms with Gasteiger partial charge in [-0.25, -0.2) is 0 Å². The molecule has 150 valence electrons. The summed E-state index contributed by atoms with van der Waals surface area (Å²) in [5.41, 5.74) is 2.26. The summed E-state index contributed by atoms with van der Waals surface area (Å²) in [6.45, 7) is 9.62. The smallest absolute Gasteiger partial charge is 0.251 e. The Labute approximate surface area is 161 Å². The SMILES string of the molecule is CN=C(NCCCn1nc(C)cc1C)N1CCN(C(=O)C2CCCO2)CC1. The average molecular weight is 377 g/mol. The van der Waals surface area contributed by atoms with Gasteiger partial charge >= 0.3 is 0 Å². The van der Waals surface area contributed by atoms with Crippen molar-refractivity contribution in [1.82, 2.24) is 24.9 Å². The Bertz CT molecular complexity index is 657. The van der Waals surface area contributed by atoms with Crippen LogP contribution < -0.4 is 5.32 Å². The van der Waals surface area contributed by atoms with Crippen LogP contribution in [-0.2, 0) is 16.1 Å². The maximum Gasteiger partial charge on any atom is 0.251 e. The number of hydrogen-bond donors (Lipinski definition) is 1. The molecule has 27 heavy (non-hydrogen) atoms. The molecule has 0 aliphatic carbocycles. The monoisotopic (exact) mass is 376 g/mol. The van der Waals surface area contributed by atoms with Crippen molar-refractivity contribution >= 4 is 11.9 Å². The molecule has 1 atom stereocenters. The third kappa shape index (κ3) is 5.00. The van der Waals surface area contributed by atoms with Crippen LogP contribution in [0.2, 0.25) is 0 Å². The van der Waals surface area contributed by atoms with E-state index in [1.54, 1.807) is 0 Å². The number of carbonyl (C=O) groups is 1. The first-order valence-corrected chi connectivity index (χ1v) is 9.95. The average Bonchev–Trinajstić information content (AvgIpc) is 3.31. The third-order valence-electron chi connectivity index (χ3n) is 5.24. The molecular weight excluding hydrogens is 344 g/mol. The number of aromatic nitrogens is 2. The number of hydrogen-bond acceptors (Lipinski definition) is 4. The number of aryl methyl sites for hydroxylation is 3. The fourth-order valence-electron chi connectivity index (χ4n) is 3.78. The van der Waals surface area contributed by atoms with Crippen LogP contribution in [0, 0.1) is 13.8 Å². The Morgan fingerprint density at radius 2 is 2.04 bits per heavy atom. The van der Waals surface area contributed by atoms with Gasteiger partial charge in [0.25, 0.3) is 5.91 Å². The van der Waals surface area contributed by atoms with Crippen LogP contribution in [0.25, 0.3) is 0 Å². The molecule has 0 spiro atoms. The molecule has 2 saturated heterocycles. The predicted molar refractivity (Wildman–Crippen MR) is 105 cm³/mol. The highest BCUT2D eigenvalue weighted by Crippen LogP contribution is 2.16. The summed E-state index contributed by atoms with van der Waals surface area (Å²) in [5, 5.41) is 7.94. The molecule has 1 aromatic heterocycles. The number of guanidine groups is 1. The van der Waals surface area contributed by atoms with Gasteiger partial charge in [-0.15, -0.1) is 0 Å². The third-order valence-corrected chi connectivity index (χ3v) is 5.24. The van der Waals surface area contributed by atoms with Crippen molar-refractivity contribution < 1.29 is 9.53 Å². The van der Waals surface area contributed by atoms with Gasteiger partial charge in [0.1, 0.15) is 6.10 Å². The minimum atomic E-state index is -0.219. The quantitative estimate of drug-likeness (QED) is 0.467. The van der Waals surface area contributed by atoms with Gasteiger partial charge in [0.05, 0.1) is 5.69 Å². The number of nitrogens with zero attached hydrogens (tertiary/aromatic N) is 5. The summed E-state index contributed by atoms with van der Waals surface area (Å²) in [5.74, 6) is 1.06. The van der Waals surface area contributed by atoms with Crippen molar-refractivity contribution in [1.29, 1.82) is 0 Å². The molecule has 1 unspecified atom stereocenters. The van der Waals surface area contributed by atoms with Crippen molar-refractivity contribution in [3.05, 3.63) is 17.5 Å². The molecular formula is C19H32N6O2. The minimum absolute atomic E-state index is 0.153. The van der Waals surface area contributed by atoms with E-state index in [0.717, 1.165) is 70.2 Å². The van der Waals surface area contributed by atoms with E-state index >= 15 is 0 Å². The molecule has 2 aliphatic heterocycles. The number of carbonyl (C=O) groups excluding carboxylic acids is 1. The maximum atomic E-state index is 12.4. The summed E-state index contributed by atoms with van der Waals surface area (Å²) in [6.07, 6.45) is 2.61. The summed E-state index contributed by atoms with van der Waals surface area (Å²) in [7, 11) is 1.81. The molecule has 2 aliphatic rings. The largest absolute Gasteiger partial charge is 0.368 e. The van der Waals surface area contributed by atoms with E-state index in [9.17, 15) is 4.79 Å². The number of piperazine rings is 1. The zero-order chi connectivity index (χ0) is 19.2. The highest BCUT2D eigenvalue weighted by atomic mass is 16.5. The second kappa shape index (κ2) is 9.21. The maximum absolute atomic E-state index is 12.4. The topological polar surface area (TPSA) is 75.0 Å². The van der Waals surface area contributed by atoms with E-state index in [-0.39, 0.29) is 12.0 Å². The zero-order valence-electron chi connectivity index (χ0n) is 16.8. The summed E-state index contributed by atoms with van der Waals surface area (Å²) >= 11 is 0. The van der Waals surface area contributed by atoms with Crippen LogP contribution in [0.1, 0.15) is 30.7 Å². The van der Waals surface area contributed by atoms with Crippen molar-refractivity contribution in [3.63, 3.8) is 0 Å². The van der Waals surface area contributed by atoms with E-state index in [2.05, 4.69) is 38.0 Å². The fraction of sp³-hybridized carbons (Fsp3) is 0.737. The Morgan fingerprint density at radius 1 is 1.30 bits per heavy atom. The second-order valence-corrected chi connectivity index (χ2v) is 7.29. The lowest BCUT2D eigenvalue weighted by atomic mass is 10.2. The van der Waals surface area contributed by atoms with Crippen LogP contribution in [0.5, 0.6) is 0 Å². The van der Waals surface area contributed by atoms with Gasteiger partial charge < -0.3 is 19.9 Å². The normalized spacial score (nSPS) is 21.0. The van der Waals surface area contributed by atoms with Crippen LogP contribution >= 0.6 is 0 Å². The van der Waals surface area contributed by atoms with Gasteiger partial charge in [-0.3, -0.25) is 14.5 Å². The van der Waals surface area contributed by atoms with E-state index < -0.39 is 0 Å². The van der Waals surface area contributed by atoms with E-state index in [4.69, 9.17) is 4.74 Å². The lowest BCUT2D eigenvalue weighted by Gasteiger charge is -2.37. The number of rotatable bonds is 5. The van der Waals surface area contributed by atoms with Gasteiger partial charge in [0.2, 0.25) is 0 Å². The highest BCUT2D eigenvalue weighted by molar-refractivity contribution is 5.82. The van der Waals surface area contributed by atoms with Gasteiger partial charge in [-0.2, -0.15) is 5.10 Å². The first kappa shape index (κ1) is 19.7. The van der Waals surface area contributed by atoms with Crippen molar-refractivity contribution in [2.75, 3.05) is 46.4 Å². The lowest BCUT2D eigenvalue weighted by molar-refractivity contribution is -0.142. The van der Waals surface area contributed by atoms with E-state index in [0.29, 0.717) is 6.61 Å². The van der Waals surface area contributed by atoms with Crippen LogP contribution in [-0.4, -0.2) is 83.9 Å². The molecule has 0 bridgehead atoms. The van der Waals surface area contributed by atoms with Crippen LogP contribution in [0.15, 0.2) is 11.1 Å². The molecule has 1 N–H and O–H groups in total. The first-order chi connectivity index (χ1) is 13.1. The van der Waals surface area contributed by atoms with Gasteiger partial charge in [0.15, 0.2) is 5.96 Å². The number of ether oxygens (including phenoxy) is 1. The second-order valence-electron chi connectivity index (χ2n) is 7.29. The molecule has 1 aromatic rings. The highest BCUT2D eigenvalue weighted by Gasteiger charge is 2.30. The molecule has 1 amide bonds. The molecule has 0 radical (unpaired) electrons. The predicted octanol–water partition coefficient (Wildman–Crippen LogP) is 0.789. The number of aliphatic imine (C=N–C) groups is 1. The molecule has 8 nitrogen and oxygen atoms in total. The fourth-order valence-corrected chi connectivity index (χ4v) is 3.78. The van der Waals surface area contributed by atoms with E-state index in [1.165, 1.54) is 5.69 Å². The van der Waals surface area contributed by atoms with Crippen molar-refractivity contribution in [2.24, 2.45) is 4.99 Å². The molecule has 2 fully saturated rings. The molecule has 0 aromatic carbocycles. The van der Waals surface area contributed by atoms with Gasteiger partial charge in [-0.1, -0.05) is 0 Å². The van der Waals surface area contributed by atoms with Crippen LogP contribution in [0.3, 0.4) is 0 Å². The minimum Gasteiger partial charge on any atom is -0.368 e. The van der Waals surface area contributed by atoms with Gasteiger partial charge in [0, 0.05) is 58.6 Å². The Kier molecular flexibility index (Phi) is 6.71. The Morgan fingerprint density at radius 3 is 2.63 bits per heavy atom. The Balaban J connectivity index is 1.39. The molecule has 3 rings (SSSR count). The van der Waals surface area contributed by atoms with Gasteiger partial charge in [-0.05, 0) is 39.2 Å². The van der Waals surface area contributed by atoms with Crippen molar-refractivity contribution in [3.8, 4) is 0 Å². The Hall–Kier alpha value is -2.09. The standard InChI is InChI=1S/C19H32N6O2/c1-15-14-16(2)25(22-15)8-5-7-21-19(20-3)24-11-9-23(10-12-24)18(26)17-6-4-13-27-17/h14,17H,4-13H2,1-3H3,(H,20,21). The molecule has 3 heterocycles.